The third kappa shape index (κ3) is 48.1. The molecule has 0 aromatic carbocycles. The van der Waals surface area contributed by atoms with Crippen LogP contribution in [0.4, 0.5) is 0 Å². The summed E-state index contributed by atoms with van der Waals surface area (Å²) in [6.45, 7) is 20.6. The van der Waals surface area contributed by atoms with Gasteiger partial charge in [0.15, 0.2) is 17.1 Å². The summed E-state index contributed by atoms with van der Waals surface area (Å²) in [5.41, 5.74) is 1.84. The maximum Gasteiger partial charge on any atom is 0.230 e. The van der Waals surface area contributed by atoms with Gasteiger partial charge in [0.25, 0.3) is 0 Å². The molecule has 0 atom stereocenters. The maximum atomic E-state index is 16.2. The lowest BCUT2D eigenvalue weighted by atomic mass is 9.56. The Morgan fingerprint density at radius 1 is 0.298 bits per heavy atom. The molecule has 94 heavy (non-hydrogen) atoms. The van der Waals surface area contributed by atoms with Crippen LogP contribution in [0.3, 0.4) is 0 Å². The van der Waals surface area contributed by atoms with Gasteiger partial charge in [0, 0.05) is 36.6 Å². The number of unbranched alkanes of at least 4 members (excludes halogenated alkanes) is 45. The van der Waals surface area contributed by atoms with E-state index in [1.807, 2.05) is 13.8 Å². The molecule has 0 radical (unpaired) electrons. The normalized spacial score (nSPS) is 13.0. The van der Waals surface area contributed by atoms with E-state index in [4.69, 9.17) is 5.73 Å². The average Bonchev–Trinajstić information content (AvgIpc) is 0.712. The van der Waals surface area contributed by atoms with E-state index >= 15 is 19.2 Å². The van der Waals surface area contributed by atoms with Gasteiger partial charge in [-0.05, 0) is 188 Å². The summed E-state index contributed by atoms with van der Waals surface area (Å²) in [5.74, 6) is -1.14. The largest absolute Gasteiger partial charge is 0.330 e. The SMILES string of the molecule is CCCCCCCCC=CCCCCCCCC(=O)N(C(=O)CCCCCCCC=CCCCCCCCC)C(C(=O)CCCCCCCC=CCCCCCCCC)(C(=O)CCCCCCCC=CCCCCCCCC)C(C)(C)C(C)(C)NCCCCNCCCN. The number of amides is 2. The molecule has 0 aliphatic carbocycles. The average molecular weight is 1320 g/mol. The van der Waals surface area contributed by atoms with Gasteiger partial charge in [-0.15, -0.1) is 0 Å². The lowest BCUT2D eigenvalue weighted by Crippen LogP contribution is -2.76. The monoisotopic (exact) mass is 1320 g/mol. The molecule has 8 heteroatoms. The van der Waals surface area contributed by atoms with Crippen molar-refractivity contribution in [3.8, 4) is 0 Å². The molecular weight excluding hydrogens is 1150 g/mol. The summed E-state index contributed by atoms with van der Waals surface area (Å²) in [7, 11) is 0. The van der Waals surface area contributed by atoms with E-state index in [0.29, 0.717) is 38.8 Å². The van der Waals surface area contributed by atoms with E-state index in [9.17, 15) is 0 Å². The second-order valence-corrected chi connectivity index (χ2v) is 29.8. The molecule has 550 valence electrons. The standard InChI is InChI=1S/C86H162N4O4/c1-9-13-17-21-25-29-33-37-41-45-49-53-57-61-65-72-80(91)86(84(5,6)85(7,8)89-79-70-69-77-88-78-71-76-87,81(92)73-66-62-58-54-50-46-42-38-34-30-26-22-18-14-10-2)90(82(93)74-67-63-59-55-51-47-43-39-35-31-27-23-19-15-11-3)83(94)75-68-64-60-56-52-48-44-40-36-32-28-24-20-16-12-4/h37-44,88-89H,9-36,45-79,87H2,1-8H3. The first-order chi connectivity index (χ1) is 45.9. The van der Waals surface area contributed by atoms with Crippen molar-refractivity contribution in [3.05, 3.63) is 48.6 Å². The summed E-state index contributed by atoms with van der Waals surface area (Å²) < 4.78 is 0. The van der Waals surface area contributed by atoms with Crippen molar-refractivity contribution in [1.29, 1.82) is 0 Å². The van der Waals surface area contributed by atoms with E-state index in [1.54, 1.807) is 0 Å². The minimum absolute atomic E-state index is 0.153. The Labute approximate surface area is 586 Å². The molecule has 0 fully saturated rings. The molecule has 4 N–H and O–H groups in total. The zero-order valence-electron chi connectivity index (χ0n) is 64.3. The number of nitrogens with one attached hydrogen (secondary N) is 2. The molecule has 0 aliphatic rings. The predicted molar refractivity (Wildman–Crippen MR) is 414 cm³/mol. The van der Waals surface area contributed by atoms with Crippen molar-refractivity contribution < 1.29 is 19.2 Å². The van der Waals surface area contributed by atoms with Crippen LogP contribution >= 0.6 is 0 Å². The Balaban J connectivity index is 6.99. The van der Waals surface area contributed by atoms with Gasteiger partial charge in [-0.1, -0.05) is 296 Å². The Morgan fingerprint density at radius 2 is 0.532 bits per heavy atom. The molecular formula is C86H162N4O4. The predicted octanol–water partition coefficient (Wildman–Crippen LogP) is 25.5. The lowest BCUT2D eigenvalue weighted by molar-refractivity contribution is -0.176. The number of carbonyl (C=O) groups excluding carboxylic acids is 4. The lowest BCUT2D eigenvalue weighted by Gasteiger charge is -2.57. The van der Waals surface area contributed by atoms with Crippen LogP contribution in [0, 0.1) is 5.41 Å². The molecule has 0 spiro atoms. The number of nitrogens with two attached hydrogens (primary N) is 1. The molecule has 0 aliphatic heterocycles. The minimum Gasteiger partial charge on any atom is -0.330 e. The van der Waals surface area contributed by atoms with E-state index in [-0.39, 0.29) is 49.1 Å². The molecule has 0 heterocycles. The highest BCUT2D eigenvalue weighted by molar-refractivity contribution is 6.18. The fourth-order valence-corrected chi connectivity index (χ4v) is 13.7. The number of ketones is 2. The number of hydrogen-bond acceptors (Lipinski definition) is 7. The van der Waals surface area contributed by atoms with Gasteiger partial charge in [-0.25, -0.2) is 0 Å². The van der Waals surface area contributed by atoms with Gasteiger partial charge in [0.05, 0.1) is 0 Å². The van der Waals surface area contributed by atoms with E-state index in [2.05, 4.69) is 101 Å². The number of rotatable bonds is 74. The van der Waals surface area contributed by atoms with Crippen LogP contribution < -0.4 is 16.4 Å². The molecule has 2 amide bonds. The highest BCUT2D eigenvalue weighted by atomic mass is 16.2. The first-order valence-electron chi connectivity index (χ1n) is 41.5. The van der Waals surface area contributed by atoms with Gasteiger partial charge in [-0.2, -0.15) is 0 Å². The summed E-state index contributed by atoms with van der Waals surface area (Å²) in [6.07, 6.45) is 82.1. The third-order valence-electron chi connectivity index (χ3n) is 20.6. The van der Waals surface area contributed by atoms with Gasteiger partial charge in [-0.3, -0.25) is 24.1 Å². The first kappa shape index (κ1) is 91.3. The number of imide groups is 1. The quantitative estimate of drug-likeness (QED) is 0.0315. The Kier molecular flexibility index (Phi) is 65.6. The van der Waals surface area contributed by atoms with Gasteiger partial charge in [0.1, 0.15) is 0 Å². The fraction of sp³-hybridized carbons (Fsp3) is 0.860. The molecule has 0 aromatic heterocycles. The Bertz CT molecular complexity index is 1730. The maximum absolute atomic E-state index is 16.2. The van der Waals surface area contributed by atoms with Crippen LogP contribution in [0.2, 0.25) is 0 Å². The number of nitrogens with zero attached hydrogens (tertiary/aromatic N) is 1. The number of Topliss-reactive ketones (excluding diaryl/α,β-unsaturated/α-hetero) is 2. The zero-order valence-corrected chi connectivity index (χ0v) is 64.3. The van der Waals surface area contributed by atoms with Crippen LogP contribution in [0.5, 0.6) is 0 Å². The molecule has 0 saturated carbocycles. The number of hydrogen-bond donors (Lipinski definition) is 3. The van der Waals surface area contributed by atoms with Crippen LogP contribution in [-0.4, -0.2) is 65.5 Å². The summed E-state index contributed by atoms with van der Waals surface area (Å²) in [4.78, 5) is 65.2. The van der Waals surface area contributed by atoms with Crippen molar-refractivity contribution in [2.75, 3.05) is 26.2 Å². The fourth-order valence-electron chi connectivity index (χ4n) is 13.7. The molecule has 0 saturated heterocycles. The summed E-state index contributed by atoms with van der Waals surface area (Å²) in [6, 6.07) is 0. The highest BCUT2D eigenvalue weighted by Gasteiger charge is 2.66. The van der Waals surface area contributed by atoms with Crippen LogP contribution in [0.1, 0.15) is 434 Å². The minimum atomic E-state index is -1.97. The highest BCUT2D eigenvalue weighted by Crippen LogP contribution is 2.49. The molecule has 8 nitrogen and oxygen atoms in total. The smallest absolute Gasteiger partial charge is 0.230 e. The van der Waals surface area contributed by atoms with Crippen molar-refractivity contribution in [3.63, 3.8) is 0 Å². The molecule has 0 unspecified atom stereocenters. The van der Waals surface area contributed by atoms with Gasteiger partial charge >= 0.3 is 0 Å². The van der Waals surface area contributed by atoms with E-state index in [0.717, 1.165) is 161 Å². The van der Waals surface area contributed by atoms with Crippen molar-refractivity contribution >= 4 is 23.4 Å². The van der Waals surface area contributed by atoms with Gasteiger partial charge in [0.2, 0.25) is 11.8 Å². The molecule has 0 bridgehead atoms. The third-order valence-corrected chi connectivity index (χ3v) is 20.6. The summed E-state index contributed by atoms with van der Waals surface area (Å²) >= 11 is 0. The van der Waals surface area contributed by atoms with Crippen LogP contribution in [0.25, 0.3) is 0 Å². The first-order valence-corrected chi connectivity index (χ1v) is 41.5. The second kappa shape index (κ2) is 67.5. The van der Waals surface area contributed by atoms with Crippen LogP contribution in [0.15, 0.2) is 48.6 Å². The Morgan fingerprint density at radius 3 is 0.809 bits per heavy atom. The summed E-state index contributed by atoms with van der Waals surface area (Å²) in [5, 5.41) is 7.39. The van der Waals surface area contributed by atoms with Gasteiger partial charge < -0.3 is 16.4 Å². The molecule has 0 rings (SSSR count). The second-order valence-electron chi connectivity index (χ2n) is 29.8. The Hall–Kier alpha value is -2.68. The van der Waals surface area contributed by atoms with E-state index < -0.39 is 16.5 Å². The van der Waals surface area contributed by atoms with Crippen molar-refractivity contribution in [2.24, 2.45) is 11.1 Å². The molecule has 0 aromatic rings. The van der Waals surface area contributed by atoms with Crippen molar-refractivity contribution in [1.82, 2.24) is 15.5 Å². The van der Waals surface area contributed by atoms with Crippen LogP contribution in [-0.2, 0) is 19.2 Å². The van der Waals surface area contributed by atoms with E-state index in [1.165, 1.54) is 185 Å². The number of carbonyl (C=O) groups is 4. The zero-order chi connectivity index (χ0) is 69.0. The van der Waals surface area contributed by atoms with Crippen molar-refractivity contribution in [2.45, 2.75) is 445 Å². The number of allylic oxidation sites excluding steroid dienone is 8. The topological polar surface area (TPSA) is 122 Å².